The maximum atomic E-state index is 12.4. The van der Waals surface area contributed by atoms with Gasteiger partial charge in [-0.1, -0.05) is 0 Å². The highest BCUT2D eigenvalue weighted by molar-refractivity contribution is 5.89. The first-order valence-electron chi connectivity index (χ1n) is 7.35. The minimum Gasteiger partial charge on any atom is -0.389 e. The highest BCUT2D eigenvalue weighted by atomic mass is 16.3. The van der Waals surface area contributed by atoms with Gasteiger partial charge in [0.05, 0.1) is 11.5 Å². The smallest absolute Gasteiger partial charge is 0.228 e. The number of aliphatic hydroxyl groups is 1. The van der Waals surface area contributed by atoms with E-state index in [0.29, 0.717) is 26.1 Å². The lowest BCUT2D eigenvalue weighted by atomic mass is 10.1. The number of carbonyl (C=O) groups excluding carboxylic acids is 2. The van der Waals surface area contributed by atoms with Crippen molar-refractivity contribution < 1.29 is 14.7 Å². The van der Waals surface area contributed by atoms with Crippen molar-refractivity contribution >= 4 is 11.8 Å². The quantitative estimate of drug-likeness (QED) is 0.727. The third-order valence-electron chi connectivity index (χ3n) is 3.84. The molecule has 0 aromatic rings. The molecule has 2 aliphatic rings. The van der Waals surface area contributed by atoms with Crippen LogP contribution in [0.15, 0.2) is 0 Å². The van der Waals surface area contributed by atoms with Gasteiger partial charge < -0.3 is 15.3 Å². The molecule has 2 fully saturated rings. The lowest BCUT2D eigenvalue weighted by Gasteiger charge is -2.28. The van der Waals surface area contributed by atoms with Crippen molar-refractivity contribution in [3.8, 4) is 0 Å². The zero-order valence-corrected chi connectivity index (χ0v) is 12.4. The topological polar surface area (TPSA) is 72.9 Å². The van der Waals surface area contributed by atoms with Crippen molar-refractivity contribution in [1.82, 2.24) is 15.1 Å². The van der Waals surface area contributed by atoms with Crippen LogP contribution in [0.4, 0.5) is 0 Å². The van der Waals surface area contributed by atoms with Crippen molar-refractivity contribution in [2.24, 2.45) is 5.92 Å². The Kier molecular flexibility index (Phi) is 4.65. The summed E-state index contributed by atoms with van der Waals surface area (Å²) < 4.78 is 0. The summed E-state index contributed by atoms with van der Waals surface area (Å²) >= 11 is 0. The van der Waals surface area contributed by atoms with Gasteiger partial charge in [0.25, 0.3) is 0 Å². The van der Waals surface area contributed by atoms with Crippen LogP contribution in [0.1, 0.15) is 26.7 Å². The van der Waals surface area contributed by atoms with Gasteiger partial charge in [-0.05, 0) is 20.3 Å². The first-order valence-corrected chi connectivity index (χ1v) is 7.35. The van der Waals surface area contributed by atoms with Gasteiger partial charge in [0.1, 0.15) is 0 Å². The Morgan fingerprint density at radius 3 is 2.70 bits per heavy atom. The summed E-state index contributed by atoms with van der Waals surface area (Å²) in [7, 11) is 0. The Morgan fingerprint density at radius 2 is 2.10 bits per heavy atom. The molecule has 114 valence electrons. The molecular formula is C14H25N3O3. The normalized spacial score (nSPS) is 25.4. The Morgan fingerprint density at radius 1 is 1.35 bits per heavy atom. The van der Waals surface area contributed by atoms with Crippen molar-refractivity contribution in [1.29, 1.82) is 0 Å². The van der Waals surface area contributed by atoms with Crippen LogP contribution in [0.2, 0.25) is 0 Å². The molecule has 1 atom stereocenters. The van der Waals surface area contributed by atoms with Crippen LogP contribution in [-0.4, -0.2) is 71.6 Å². The zero-order chi connectivity index (χ0) is 14.8. The van der Waals surface area contributed by atoms with Crippen LogP contribution in [0.25, 0.3) is 0 Å². The molecule has 0 spiro atoms. The van der Waals surface area contributed by atoms with E-state index in [0.717, 1.165) is 26.1 Å². The molecule has 0 aromatic heterocycles. The molecule has 20 heavy (non-hydrogen) atoms. The number of β-amino-alcohol motifs (C(OH)–C–C–N with tert-alkyl or cyclic N) is 1. The second-order valence-electron chi connectivity index (χ2n) is 6.47. The second-order valence-corrected chi connectivity index (χ2v) is 6.47. The van der Waals surface area contributed by atoms with Crippen LogP contribution < -0.4 is 5.32 Å². The summed E-state index contributed by atoms with van der Waals surface area (Å²) in [6, 6.07) is 0. The molecule has 2 N–H and O–H groups in total. The summed E-state index contributed by atoms with van der Waals surface area (Å²) in [4.78, 5) is 27.6. The van der Waals surface area contributed by atoms with Crippen molar-refractivity contribution in [2.45, 2.75) is 32.3 Å². The number of nitrogens with zero attached hydrogens (tertiary/aromatic N) is 2. The summed E-state index contributed by atoms with van der Waals surface area (Å²) in [6.45, 7) is 7.80. The Balaban J connectivity index is 1.86. The van der Waals surface area contributed by atoms with Crippen molar-refractivity contribution in [3.63, 3.8) is 0 Å². The molecule has 0 saturated carbocycles. The molecule has 0 bridgehead atoms. The van der Waals surface area contributed by atoms with Gasteiger partial charge in [0.15, 0.2) is 0 Å². The van der Waals surface area contributed by atoms with Crippen LogP contribution in [0, 0.1) is 5.92 Å². The number of hydrogen-bond donors (Lipinski definition) is 2. The lowest BCUT2D eigenvalue weighted by molar-refractivity contribution is -0.135. The second kappa shape index (κ2) is 6.10. The summed E-state index contributed by atoms with van der Waals surface area (Å²) in [5.74, 6) is -0.126. The van der Waals surface area contributed by atoms with Gasteiger partial charge in [-0.3, -0.25) is 14.5 Å². The summed E-state index contributed by atoms with van der Waals surface area (Å²) in [5, 5.41) is 12.6. The highest BCUT2D eigenvalue weighted by Gasteiger charge is 2.32. The van der Waals surface area contributed by atoms with E-state index in [2.05, 4.69) is 10.2 Å². The van der Waals surface area contributed by atoms with Gasteiger partial charge in [-0.2, -0.15) is 0 Å². The van der Waals surface area contributed by atoms with E-state index in [1.807, 2.05) is 4.90 Å². The number of amides is 2. The first kappa shape index (κ1) is 15.3. The molecular weight excluding hydrogens is 258 g/mol. The molecule has 1 unspecified atom stereocenters. The first-order chi connectivity index (χ1) is 9.35. The molecule has 6 heteroatoms. The average Bonchev–Trinajstić information content (AvgIpc) is 2.64. The van der Waals surface area contributed by atoms with Crippen molar-refractivity contribution in [3.05, 3.63) is 0 Å². The fourth-order valence-corrected chi connectivity index (χ4v) is 2.93. The maximum absolute atomic E-state index is 12.4. The number of rotatable bonds is 3. The Labute approximate surface area is 120 Å². The van der Waals surface area contributed by atoms with Crippen LogP contribution >= 0.6 is 0 Å². The van der Waals surface area contributed by atoms with E-state index in [9.17, 15) is 14.7 Å². The number of carbonyl (C=O) groups is 2. The maximum Gasteiger partial charge on any atom is 0.228 e. The average molecular weight is 283 g/mol. The van der Waals surface area contributed by atoms with Crippen LogP contribution in [-0.2, 0) is 9.59 Å². The third kappa shape index (κ3) is 4.18. The Bertz CT molecular complexity index is 378. The van der Waals surface area contributed by atoms with E-state index in [1.54, 1.807) is 13.8 Å². The zero-order valence-electron chi connectivity index (χ0n) is 12.4. The SMILES string of the molecule is CC(C)(O)CN1CCCN(C(=O)C2CNC(=O)C2)CC1. The van der Waals surface area contributed by atoms with E-state index in [4.69, 9.17) is 0 Å². The van der Waals surface area contributed by atoms with Crippen LogP contribution in [0.5, 0.6) is 0 Å². The molecule has 2 heterocycles. The minimum atomic E-state index is -0.707. The fraction of sp³-hybridized carbons (Fsp3) is 0.857. The number of nitrogens with one attached hydrogen (secondary N) is 1. The molecule has 2 rings (SSSR count). The Hall–Kier alpha value is -1.14. The monoisotopic (exact) mass is 283 g/mol. The fourth-order valence-electron chi connectivity index (χ4n) is 2.93. The van der Waals surface area contributed by atoms with E-state index in [-0.39, 0.29) is 17.7 Å². The predicted molar refractivity (Wildman–Crippen MR) is 75.1 cm³/mol. The van der Waals surface area contributed by atoms with E-state index < -0.39 is 5.60 Å². The summed E-state index contributed by atoms with van der Waals surface area (Å²) in [5.41, 5.74) is -0.707. The molecule has 2 saturated heterocycles. The molecule has 2 aliphatic heterocycles. The standard InChI is InChI=1S/C14H25N3O3/c1-14(2,20)10-16-4-3-5-17(7-6-16)13(19)11-8-12(18)15-9-11/h11,20H,3-10H2,1-2H3,(H,15,18). The minimum absolute atomic E-state index is 0.0261. The predicted octanol–water partition coefficient (Wildman–Crippen LogP) is -0.572. The largest absolute Gasteiger partial charge is 0.389 e. The molecule has 6 nitrogen and oxygen atoms in total. The van der Waals surface area contributed by atoms with Crippen molar-refractivity contribution in [2.75, 3.05) is 39.3 Å². The van der Waals surface area contributed by atoms with Gasteiger partial charge in [-0.15, -0.1) is 0 Å². The third-order valence-corrected chi connectivity index (χ3v) is 3.84. The number of hydrogen-bond acceptors (Lipinski definition) is 4. The highest BCUT2D eigenvalue weighted by Crippen LogP contribution is 2.15. The molecule has 0 aliphatic carbocycles. The molecule has 0 aromatic carbocycles. The van der Waals surface area contributed by atoms with Gasteiger partial charge >= 0.3 is 0 Å². The van der Waals surface area contributed by atoms with Gasteiger partial charge in [0.2, 0.25) is 11.8 Å². The molecule has 0 radical (unpaired) electrons. The summed E-state index contributed by atoms with van der Waals surface area (Å²) in [6.07, 6.45) is 1.23. The van der Waals surface area contributed by atoms with Crippen LogP contribution in [0.3, 0.4) is 0 Å². The van der Waals surface area contributed by atoms with E-state index >= 15 is 0 Å². The molecule has 2 amide bonds. The van der Waals surface area contributed by atoms with Gasteiger partial charge in [-0.25, -0.2) is 0 Å². The van der Waals surface area contributed by atoms with E-state index in [1.165, 1.54) is 0 Å². The van der Waals surface area contributed by atoms with Gasteiger partial charge in [0, 0.05) is 45.7 Å². The lowest BCUT2D eigenvalue weighted by Crippen LogP contribution is -2.42.